The van der Waals surface area contributed by atoms with Crippen molar-refractivity contribution >= 4 is 11.9 Å². The molecule has 2 aliphatic heterocycles. The molecule has 0 aromatic rings. The summed E-state index contributed by atoms with van der Waals surface area (Å²) in [6.07, 6.45) is 3.27. The van der Waals surface area contributed by atoms with E-state index in [9.17, 15) is 9.59 Å². The van der Waals surface area contributed by atoms with E-state index in [1.807, 2.05) is 0 Å². The Morgan fingerprint density at radius 3 is 2.35 bits per heavy atom. The minimum Gasteiger partial charge on any atom is -0.469 e. The molecule has 2 unspecified atom stereocenters. The molecule has 20 heavy (non-hydrogen) atoms. The van der Waals surface area contributed by atoms with Gasteiger partial charge in [0.2, 0.25) is 11.6 Å². The minimum absolute atomic E-state index is 0.124. The molecule has 0 aromatic carbocycles. The second kappa shape index (κ2) is 4.70. The maximum atomic E-state index is 11.8. The average molecular weight is 284 g/mol. The largest absolute Gasteiger partial charge is 0.469 e. The van der Waals surface area contributed by atoms with Gasteiger partial charge in [0.25, 0.3) is 0 Å². The van der Waals surface area contributed by atoms with Crippen molar-refractivity contribution in [1.29, 1.82) is 0 Å². The van der Waals surface area contributed by atoms with Gasteiger partial charge in [0, 0.05) is 25.7 Å². The van der Waals surface area contributed by atoms with Gasteiger partial charge in [-0.2, -0.15) is 0 Å². The van der Waals surface area contributed by atoms with E-state index in [1.54, 1.807) is 0 Å². The molecule has 0 N–H and O–H groups in total. The molecular weight excluding hydrogens is 264 g/mol. The molecule has 112 valence electrons. The summed E-state index contributed by atoms with van der Waals surface area (Å²) in [5.41, 5.74) is 0. The molecule has 0 amide bonds. The van der Waals surface area contributed by atoms with Crippen LogP contribution in [0.3, 0.4) is 0 Å². The number of carbonyl (C=O) groups excluding carboxylic acids is 2. The van der Waals surface area contributed by atoms with Crippen LogP contribution in [0.5, 0.6) is 0 Å². The highest BCUT2D eigenvalue weighted by atomic mass is 17.0. The third-order valence-electron chi connectivity index (χ3n) is 4.37. The molecule has 1 saturated carbocycles. The Balaban J connectivity index is 1.35. The lowest BCUT2D eigenvalue weighted by Crippen LogP contribution is -2.31. The zero-order valence-corrected chi connectivity index (χ0v) is 11.8. The summed E-state index contributed by atoms with van der Waals surface area (Å²) in [5.74, 6) is -0.943. The van der Waals surface area contributed by atoms with Crippen molar-refractivity contribution in [2.24, 2.45) is 5.92 Å². The van der Waals surface area contributed by atoms with Gasteiger partial charge in [-0.15, -0.1) is 0 Å². The van der Waals surface area contributed by atoms with Gasteiger partial charge >= 0.3 is 11.9 Å². The zero-order chi connectivity index (χ0) is 14.4. The predicted octanol–water partition coefficient (Wildman–Crippen LogP) is 1.51. The van der Waals surface area contributed by atoms with Crippen molar-refractivity contribution in [2.45, 2.75) is 63.1 Å². The van der Waals surface area contributed by atoms with E-state index < -0.39 is 5.79 Å². The van der Waals surface area contributed by atoms with Crippen LogP contribution in [0.4, 0.5) is 0 Å². The first-order chi connectivity index (χ1) is 9.50. The van der Waals surface area contributed by atoms with Crippen LogP contribution in [0.25, 0.3) is 0 Å². The molecule has 0 aromatic heterocycles. The van der Waals surface area contributed by atoms with Gasteiger partial charge < -0.3 is 18.9 Å². The fourth-order valence-electron chi connectivity index (χ4n) is 3.01. The van der Waals surface area contributed by atoms with Crippen molar-refractivity contribution in [3.05, 3.63) is 0 Å². The molecule has 3 aliphatic rings. The highest BCUT2D eigenvalue weighted by Crippen LogP contribution is 2.75. The van der Waals surface area contributed by atoms with Crippen molar-refractivity contribution in [3.8, 4) is 0 Å². The van der Waals surface area contributed by atoms with E-state index >= 15 is 0 Å². The third-order valence-corrected chi connectivity index (χ3v) is 4.37. The Labute approximate surface area is 117 Å². The standard InChI is InChI=1S/C14H20O6/c1-9-7-13-14(19-13,20-13)8-10(9)18-12(16)6-4-3-5-11(15)17-2/h9-10H,3-8H2,1-2H3. The van der Waals surface area contributed by atoms with E-state index in [-0.39, 0.29) is 29.7 Å². The second-order valence-electron chi connectivity index (χ2n) is 5.91. The number of esters is 2. The van der Waals surface area contributed by atoms with Crippen molar-refractivity contribution < 1.29 is 28.5 Å². The van der Waals surface area contributed by atoms with E-state index in [0.29, 0.717) is 32.1 Å². The van der Waals surface area contributed by atoms with Crippen LogP contribution in [0, 0.1) is 5.92 Å². The predicted molar refractivity (Wildman–Crippen MR) is 66.4 cm³/mol. The smallest absolute Gasteiger partial charge is 0.306 e. The summed E-state index contributed by atoms with van der Waals surface area (Å²) in [6.45, 7) is 2.05. The molecule has 6 heteroatoms. The van der Waals surface area contributed by atoms with Gasteiger partial charge in [0.1, 0.15) is 6.10 Å². The Morgan fingerprint density at radius 2 is 1.70 bits per heavy atom. The van der Waals surface area contributed by atoms with Crippen molar-refractivity contribution in [1.82, 2.24) is 0 Å². The van der Waals surface area contributed by atoms with Crippen LogP contribution in [0.15, 0.2) is 0 Å². The van der Waals surface area contributed by atoms with Crippen LogP contribution in [-0.4, -0.2) is 36.7 Å². The normalized spacial score (nSPS) is 40.3. The van der Waals surface area contributed by atoms with E-state index in [1.165, 1.54) is 7.11 Å². The number of rotatable bonds is 6. The summed E-state index contributed by atoms with van der Waals surface area (Å²) >= 11 is 0. The van der Waals surface area contributed by atoms with Crippen LogP contribution in [0.1, 0.15) is 45.4 Å². The number of carbonyl (C=O) groups is 2. The zero-order valence-electron chi connectivity index (χ0n) is 11.8. The minimum atomic E-state index is -0.421. The lowest BCUT2D eigenvalue weighted by Gasteiger charge is -2.24. The molecule has 0 bridgehead atoms. The second-order valence-corrected chi connectivity index (χ2v) is 5.91. The molecular formula is C14H20O6. The number of methoxy groups -OCH3 is 1. The lowest BCUT2D eigenvalue weighted by atomic mass is 9.88. The van der Waals surface area contributed by atoms with Crippen molar-refractivity contribution in [3.63, 3.8) is 0 Å². The Hall–Kier alpha value is -1.14. The van der Waals surface area contributed by atoms with Gasteiger partial charge in [-0.25, -0.2) is 0 Å². The van der Waals surface area contributed by atoms with Gasteiger partial charge in [0.15, 0.2) is 0 Å². The fourth-order valence-corrected chi connectivity index (χ4v) is 3.01. The number of ether oxygens (including phenoxy) is 4. The number of hydrogen-bond acceptors (Lipinski definition) is 6. The average Bonchev–Trinajstić information content (AvgIpc) is 3.20. The molecule has 6 nitrogen and oxygen atoms in total. The molecule has 2 atom stereocenters. The SMILES string of the molecule is COC(=O)CCCCC(=O)OC1CC23OC2(CC1C)O3. The van der Waals surface area contributed by atoms with Crippen molar-refractivity contribution in [2.75, 3.05) is 7.11 Å². The topological polar surface area (TPSA) is 77.7 Å². The lowest BCUT2D eigenvalue weighted by molar-refractivity contribution is -0.154. The molecule has 3 rings (SSSR count). The molecule has 2 heterocycles. The monoisotopic (exact) mass is 284 g/mol. The molecule has 1 aliphatic carbocycles. The molecule has 0 radical (unpaired) electrons. The summed E-state index contributed by atoms with van der Waals surface area (Å²) in [5, 5.41) is 0. The first kappa shape index (κ1) is 13.8. The highest BCUT2D eigenvalue weighted by Gasteiger charge is 2.92. The summed E-state index contributed by atoms with van der Waals surface area (Å²) in [6, 6.07) is 0. The quantitative estimate of drug-likeness (QED) is 0.418. The van der Waals surface area contributed by atoms with Crippen LogP contribution < -0.4 is 0 Å². The Morgan fingerprint density at radius 1 is 1.10 bits per heavy atom. The Bertz CT molecular complexity index is 425. The van der Waals surface area contributed by atoms with Gasteiger partial charge in [-0.1, -0.05) is 6.92 Å². The number of hydrogen-bond donors (Lipinski definition) is 0. The molecule has 3 fully saturated rings. The summed E-state index contributed by atoms with van der Waals surface area (Å²) in [7, 11) is 1.36. The third kappa shape index (κ3) is 2.31. The van der Waals surface area contributed by atoms with Crippen LogP contribution >= 0.6 is 0 Å². The fraction of sp³-hybridized carbons (Fsp3) is 0.857. The van der Waals surface area contributed by atoms with E-state index in [0.717, 1.165) is 6.42 Å². The first-order valence-electron chi connectivity index (χ1n) is 7.17. The van der Waals surface area contributed by atoms with E-state index in [2.05, 4.69) is 11.7 Å². The number of epoxide rings is 2. The molecule has 0 spiro atoms. The van der Waals surface area contributed by atoms with E-state index in [4.69, 9.17) is 14.2 Å². The number of unbranched alkanes of at least 4 members (excludes halogenated alkanes) is 1. The Kier molecular flexibility index (Phi) is 3.25. The van der Waals surface area contributed by atoms with Crippen LogP contribution in [-0.2, 0) is 28.5 Å². The van der Waals surface area contributed by atoms with Gasteiger partial charge in [0.05, 0.1) is 7.11 Å². The van der Waals surface area contributed by atoms with Gasteiger partial charge in [-0.3, -0.25) is 9.59 Å². The molecule has 2 saturated heterocycles. The maximum Gasteiger partial charge on any atom is 0.306 e. The highest BCUT2D eigenvalue weighted by molar-refractivity contribution is 5.70. The summed E-state index contributed by atoms with van der Waals surface area (Å²) < 4.78 is 21.0. The van der Waals surface area contributed by atoms with Gasteiger partial charge in [-0.05, 0) is 18.8 Å². The first-order valence-corrected chi connectivity index (χ1v) is 7.17. The summed E-state index contributed by atoms with van der Waals surface area (Å²) in [4.78, 5) is 22.7. The maximum absolute atomic E-state index is 11.8. The van der Waals surface area contributed by atoms with Crippen LogP contribution in [0.2, 0.25) is 0 Å².